The average Bonchev–Trinajstić information content (AvgIpc) is 2.86. The molecule has 0 radical (unpaired) electrons. The Labute approximate surface area is 215 Å². The summed E-state index contributed by atoms with van der Waals surface area (Å²) < 4.78 is 18.8. The number of rotatable bonds is 14. The summed E-state index contributed by atoms with van der Waals surface area (Å²) in [6.07, 6.45) is 3.45. The zero-order valence-corrected chi connectivity index (χ0v) is 21.9. The maximum Gasteiger partial charge on any atom is 0.303 e. The molecule has 0 N–H and O–H groups in total. The summed E-state index contributed by atoms with van der Waals surface area (Å²) in [5.41, 5.74) is 2.08. The van der Waals surface area contributed by atoms with Gasteiger partial charge in [0.2, 0.25) is 0 Å². The molecular formula is C30H41NO5. The van der Waals surface area contributed by atoms with Crippen LogP contribution in [0, 0.1) is 0 Å². The second-order valence-electron chi connectivity index (χ2n) is 9.70. The number of hydrogen-bond donors (Lipinski definition) is 0. The van der Waals surface area contributed by atoms with Gasteiger partial charge in [-0.15, -0.1) is 0 Å². The lowest BCUT2D eigenvalue weighted by atomic mass is 9.89. The van der Waals surface area contributed by atoms with Crippen LogP contribution in [0.2, 0.25) is 0 Å². The molecule has 36 heavy (non-hydrogen) atoms. The van der Waals surface area contributed by atoms with Crippen molar-refractivity contribution in [3.05, 3.63) is 71.8 Å². The fourth-order valence-corrected chi connectivity index (χ4v) is 4.91. The van der Waals surface area contributed by atoms with Crippen molar-refractivity contribution in [1.29, 1.82) is 0 Å². The van der Waals surface area contributed by atoms with Crippen LogP contribution in [0.4, 0.5) is 0 Å². The third kappa shape index (κ3) is 8.84. The van der Waals surface area contributed by atoms with E-state index in [1.165, 1.54) is 13.3 Å². The maximum absolute atomic E-state index is 12.4. The van der Waals surface area contributed by atoms with Crippen molar-refractivity contribution in [2.75, 3.05) is 13.1 Å². The van der Waals surface area contributed by atoms with Gasteiger partial charge in [0.15, 0.2) is 0 Å². The van der Waals surface area contributed by atoms with Crippen LogP contribution in [0.1, 0.15) is 64.0 Å². The molecule has 0 aliphatic carbocycles. The van der Waals surface area contributed by atoms with E-state index < -0.39 is 18.3 Å². The Morgan fingerprint density at radius 1 is 0.833 bits per heavy atom. The SMILES string of the molecule is CCCCCCN1C[C@@H](OC(C)=O)[C@@H](OCc2ccccc2)[C@@H](OCc2ccccc2)C1CC(C)=O. The van der Waals surface area contributed by atoms with Crippen LogP contribution in [-0.2, 0) is 37.0 Å². The van der Waals surface area contributed by atoms with E-state index in [0.717, 1.165) is 36.9 Å². The van der Waals surface area contributed by atoms with E-state index in [4.69, 9.17) is 14.2 Å². The molecule has 1 heterocycles. The summed E-state index contributed by atoms with van der Waals surface area (Å²) in [7, 11) is 0. The van der Waals surface area contributed by atoms with Gasteiger partial charge in [-0.05, 0) is 31.0 Å². The summed E-state index contributed by atoms with van der Waals surface area (Å²) >= 11 is 0. The summed E-state index contributed by atoms with van der Waals surface area (Å²) in [5, 5.41) is 0. The molecule has 2 aromatic carbocycles. The fraction of sp³-hybridized carbons (Fsp3) is 0.533. The van der Waals surface area contributed by atoms with E-state index in [1.807, 2.05) is 60.7 Å². The number of carbonyl (C=O) groups is 2. The Hall–Kier alpha value is -2.54. The van der Waals surface area contributed by atoms with Crippen molar-refractivity contribution < 1.29 is 23.8 Å². The second kappa shape index (κ2) is 14.9. The van der Waals surface area contributed by atoms with Crippen LogP contribution in [0.3, 0.4) is 0 Å². The Morgan fingerprint density at radius 3 is 1.94 bits per heavy atom. The van der Waals surface area contributed by atoms with E-state index in [1.54, 1.807) is 6.92 Å². The Bertz CT molecular complexity index is 919. The van der Waals surface area contributed by atoms with E-state index >= 15 is 0 Å². The van der Waals surface area contributed by atoms with Gasteiger partial charge in [-0.1, -0.05) is 86.8 Å². The van der Waals surface area contributed by atoms with Crippen LogP contribution in [0.15, 0.2) is 60.7 Å². The Balaban J connectivity index is 1.88. The highest BCUT2D eigenvalue weighted by atomic mass is 16.6. The zero-order chi connectivity index (χ0) is 25.8. The minimum absolute atomic E-state index is 0.111. The molecule has 0 amide bonds. The minimum Gasteiger partial charge on any atom is -0.458 e. The van der Waals surface area contributed by atoms with Crippen LogP contribution in [-0.4, -0.2) is 54.1 Å². The number of likely N-dealkylation sites (tertiary alicyclic amines) is 1. The third-order valence-corrected chi connectivity index (χ3v) is 6.64. The molecule has 2 aromatic rings. The van der Waals surface area contributed by atoms with Gasteiger partial charge in [0.25, 0.3) is 0 Å². The first-order chi connectivity index (χ1) is 17.5. The van der Waals surface area contributed by atoms with E-state index in [-0.39, 0.29) is 17.8 Å². The van der Waals surface area contributed by atoms with Gasteiger partial charge < -0.3 is 14.2 Å². The molecule has 0 saturated carbocycles. The number of esters is 1. The van der Waals surface area contributed by atoms with Gasteiger partial charge in [0, 0.05) is 25.9 Å². The molecule has 4 atom stereocenters. The van der Waals surface area contributed by atoms with E-state index in [2.05, 4.69) is 11.8 Å². The largest absolute Gasteiger partial charge is 0.458 e. The van der Waals surface area contributed by atoms with Gasteiger partial charge in [0.1, 0.15) is 24.1 Å². The van der Waals surface area contributed by atoms with Crippen LogP contribution >= 0.6 is 0 Å². The lowest BCUT2D eigenvalue weighted by Gasteiger charge is -2.48. The van der Waals surface area contributed by atoms with Gasteiger partial charge in [-0.25, -0.2) is 0 Å². The molecule has 0 aromatic heterocycles. The quantitative estimate of drug-likeness (QED) is 0.261. The number of ketones is 1. The average molecular weight is 496 g/mol. The monoisotopic (exact) mass is 495 g/mol. The minimum atomic E-state index is -0.492. The first-order valence-corrected chi connectivity index (χ1v) is 13.2. The van der Waals surface area contributed by atoms with Crippen molar-refractivity contribution in [1.82, 2.24) is 4.90 Å². The zero-order valence-electron chi connectivity index (χ0n) is 21.9. The van der Waals surface area contributed by atoms with Crippen molar-refractivity contribution in [2.24, 2.45) is 0 Å². The van der Waals surface area contributed by atoms with E-state index in [0.29, 0.717) is 26.2 Å². The molecule has 1 aliphatic heterocycles. The van der Waals surface area contributed by atoms with E-state index in [9.17, 15) is 9.59 Å². The lowest BCUT2D eigenvalue weighted by Crippen LogP contribution is -2.64. The van der Waals surface area contributed by atoms with Gasteiger partial charge in [-0.3, -0.25) is 14.5 Å². The predicted octanol–water partition coefficient (Wildman–Crippen LogP) is 5.33. The number of hydrogen-bond acceptors (Lipinski definition) is 6. The van der Waals surface area contributed by atoms with Crippen molar-refractivity contribution in [3.63, 3.8) is 0 Å². The highest BCUT2D eigenvalue weighted by molar-refractivity contribution is 5.76. The molecule has 1 saturated heterocycles. The standard InChI is InChI=1S/C30H41NO5/c1-4-5-6-13-18-31-20-28(36-24(3)33)30(35-22-26-16-11-8-12-17-26)29(27(31)19-23(2)32)34-21-25-14-9-7-10-15-25/h7-12,14-17,27-30H,4-6,13,18-22H2,1-3H3/t27?,28-,29+,30-/m1/s1. The normalized spacial score (nSPS) is 22.3. The van der Waals surface area contributed by atoms with Gasteiger partial charge in [-0.2, -0.15) is 0 Å². The number of Topliss-reactive ketones (excluding diaryl/α,β-unsaturated/α-hetero) is 1. The molecule has 1 fully saturated rings. The lowest BCUT2D eigenvalue weighted by molar-refractivity contribution is -0.204. The molecular weight excluding hydrogens is 454 g/mol. The first-order valence-electron chi connectivity index (χ1n) is 13.2. The van der Waals surface area contributed by atoms with Gasteiger partial charge >= 0.3 is 5.97 Å². The third-order valence-electron chi connectivity index (χ3n) is 6.64. The highest BCUT2D eigenvalue weighted by Gasteiger charge is 2.47. The van der Waals surface area contributed by atoms with Crippen LogP contribution < -0.4 is 0 Å². The highest BCUT2D eigenvalue weighted by Crippen LogP contribution is 2.30. The first kappa shape index (κ1) is 28.0. The van der Waals surface area contributed by atoms with Crippen molar-refractivity contribution >= 4 is 11.8 Å². The number of ether oxygens (including phenoxy) is 3. The molecule has 3 rings (SSSR count). The molecule has 0 bridgehead atoms. The summed E-state index contributed by atoms with van der Waals surface area (Å²) in [4.78, 5) is 26.8. The molecule has 1 unspecified atom stereocenters. The van der Waals surface area contributed by atoms with Crippen LogP contribution in [0.5, 0.6) is 0 Å². The molecule has 1 aliphatic rings. The Morgan fingerprint density at radius 2 is 1.42 bits per heavy atom. The molecule has 6 heteroatoms. The summed E-state index contributed by atoms with van der Waals surface area (Å²) in [6, 6.07) is 19.8. The smallest absolute Gasteiger partial charge is 0.303 e. The summed E-state index contributed by atoms with van der Waals surface area (Å²) in [5.74, 6) is -0.231. The number of nitrogens with zero attached hydrogens (tertiary/aromatic N) is 1. The number of piperidine rings is 1. The molecule has 6 nitrogen and oxygen atoms in total. The predicted molar refractivity (Wildman–Crippen MR) is 140 cm³/mol. The van der Waals surface area contributed by atoms with Crippen molar-refractivity contribution in [2.45, 2.75) is 90.4 Å². The number of carbonyl (C=O) groups excluding carboxylic acids is 2. The topological polar surface area (TPSA) is 65.1 Å². The summed E-state index contributed by atoms with van der Waals surface area (Å²) in [6.45, 7) is 7.36. The number of unbranched alkanes of at least 4 members (excludes halogenated alkanes) is 3. The van der Waals surface area contributed by atoms with Crippen LogP contribution in [0.25, 0.3) is 0 Å². The molecule has 196 valence electrons. The Kier molecular flexibility index (Phi) is 11.6. The molecule has 0 spiro atoms. The number of benzene rings is 2. The van der Waals surface area contributed by atoms with Crippen molar-refractivity contribution in [3.8, 4) is 0 Å². The maximum atomic E-state index is 12.4. The van der Waals surface area contributed by atoms with Gasteiger partial charge in [0.05, 0.1) is 13.2 Å². The second-order valence-corrected chi connectivity index (χ2v) is 9.70. The fourth-order valence-electron chi connectivity index (χ4n) is 4.91.